The topological polar surface area (TPSA) is 73.5 Å². The number of amides is 3. The molecule has 0 aromatic heterocycles. The SMILES string of the molecule is O=C(CCNC(=O)NC1CCN(Cc2ccc(F)cc2)CC1)NC1CCCC1. The predicted molar refractivity (Wildman–Crippen MR) is 106 cm³/mol. The van der Waals surface area contributed by atoms with Crippen molar-refractivity contribution < 1.29 is 14.0 Å². The van der Waals surface area contributed by atoms with Gasteiger partial charge in [-0.05, 0) is 43.4 Å². The van der Waals surface area contributed by atoms with Crippen molar-refractivity contribution >= 4 is 11.9 Å². The van der Waals surface area contributed by atoms with Crippen molar-refractivity contribution in [2.75, 3.05) is 19.6 Å². The Balaban J connectivity index is 1.27. The van der Waals surface area contributed by atoms with E-state index >= 15 is 0 Å². The minimum atomic E-state index is -0.214. The van der Waals surface area contributed by atoms with E-state index in [0.717, 1.165) is 50.9 Å². The molecule has 6 nitrogen and oxygen atoms in total. The summed E-state index contributed by atoms with van der Waals surface area (Å²) in [5.41, 5.74) is 1.10. The van der Waals surface area contributed by atoms with E-state index in [0.29, 0.717) is 19.0 Å². The van der Waals surface area contributed by atoms with Crippen LogP contribution in [-0.4, -0.2) is 48.6 Å². The molecule has 1 saturated heterocycles. The van der Waals surface area contributed by atoms with Crippen LogP contribution in [0.2, 0.25) is 0 Å². The van der Waals surface area contributed by atoms with Crippen molar-refractivity contribution in [3.05, 3.63) is 35.6 Å². The minimum Gasteiger partial charge on any atom is -0.353 e. The molecule has 0 unspecified atom stereocenters. The van der Waals surface area contributed by atoms with Crippen molar-refractivity contribution in [3.8, 4) is 0 Å². The first kappa shape index (κ1) is 20.6. The van der Waals surface area contributed by atoms with Gasteiger partial charge in [0.05, 0.1) is 0 Å². The number of halogens is 1. The number of hydrogen-bond acceptors (Lipinski definition) is 3. The molecule has 3 N–H and O–H groups in total. The van der Waals surface area contributed by atoms with Gasteiger partial charge in [-0.2, -0.15) is 0 Å². The average molecular weight is 391 g/mol. The smallest absolute Gasteiger partial charge is 0.315 e. The average Bonchev–Trinajstić information content (AvgIpc) is 3.18. The van der Waals surface area contributed by atoms with E-state index in [1.807, 2.05) is 12.1 Å². The lowest BCUT2D eigenvalue weighted by Crippen LogP contribution is -2.48. The Morgan fingerprint density at radius 3 is 2.29 bits per heavy atom. The molecule has 154 valence electrons. The molecule has 2 fully saturated rings. The lowest BCUT2D eigenvalue weighted by Gasteiger charge is -2.32. The molecule has 3 amide bonds. The maximum absolute atomic E-state index is 13.0. The summed E-state index contributed by atoms with van der Waals surface area (Å²) < 4.78 is 13.0. The van der Waals surface area contributed by atoms with Crippen LogP contribution in [0, 0.1) is 5.82 Å². The zero-order chi connectivity index (χ0) is 19.8. The van der Waals surface area contributed by atoms with E-state index < -0.39 is 0 Å². The maximum Gasteiger partial charge on any atom is 0.315 e. The Kier molecular flexibility index (Phi) is 7.65. The monoisotopic (exact) mass is 390 g/mol. The van der Waals surface area contributed by atoms with Crippen molar-refractivity contribution in [2.45, 2.75) is 63.6 Å². The van der Waals surface area contributed by atoms with E-state index in [2.05, 4.69) is 20.9 Å². The summed E-state index contributed by atoms with van der Waals surface area (Å²) in [5, 5.41) is 8.81. The van der Waals surface area contributed by atoms with Crippen LogP contribution in [0.5, 0.6) is 0 Å². The maximum atomic E-state index is 13.0. The highest BCUT2D eigenvalue weighted by Gasteiger charge is 2.21. The summed E-state index contributed by atoms with van der Waals surface area (Å²) in [5.74, 6) is -0.199. The second kappa shape index (κ2) is 10.4. The second-order valence-electron chi connectivity index (χ2n) is 7.88. The first-order valence-electron chi connectivity index (χ1n) is 10.4. The quantitative estimate of drug-likeness (QED) is 0.670. The first-order valence-corrected chi connectivity index (χ1v) is 10.4. The molecule has 0 atom stereocenters. The van der Waals surface area contributed by atoms with Gasteiger partial charge in [-0.25, -0.2) is 9.18 Å². The third-order valence-corrected chi connectivity index (χ3v) is 5.60. The lowest BCUT2D eigenvalue weighted by atomic mass is 10.0. The first-order chi connectivity index (χ1) is 13.6. The van der Waals surface area contributed by atoms with Crippen molar-refractivity contribution in [3.63, 3.8) is 0 Å². The molecule has 1 aromatic carbocycles. The summed E-state index contributed by atoms with van der Waals surface area (Å²) >= 11 is 0. The number of carbonyl (C=O) groups is 2. The van der Waals surface area contributed by atoms with Crippen LogP contribution in [0.15, 0.2) is 24.3 Å². The Morgan fingerprint density at radius 1 is 0.964 bits per heavy atom. The zero-order valence-electron chi connectivity index (χ0n) is 16.4. The molecule has 3 rings (SSSR count). The van der Waals surface area contributed by atoms with Gasteiger partial charge in [0, 0.05) is 44.7 Å². The van der Waals surface area contributed by atoms with Gasteiger partial charge in [-0.3, -0.25) is 9.69 Å². The van der Waals surface area contributed by atoms with Crippen LogP contribution in [0.4, 0.5) is 9.18 Å². The largest absolute Gasteiger partial charge is 0.353 e. The van der Waals surface area contributed by atoms with Crippen LogP contribution >= 0.6 is 0 Å². The molecule has 7 heteroatoms. The molecule has 28 heavy (non-hydrogen) atoms. The number of carbonyl (C=O) groups excluding carboxylic acids is 2. The van der Waals surface area contributed by atoms with Gasteiger partial charge in [0.25, 0.3) is 0 Å². The van der Waals surface area contributed by atoms with Gasteiger partial charge in [0.1, 0.15) is 5.82 Å². The summed E-state index contributed by atoms with van der Waals surface area (Å²) in [6.07, 6.45) is 6.61. The molecule has 1 aliphatic heterocycles. The Morgan fingerprint density at radius 2 is 1.61 bits per heavy atom. The summed E-state index contributed by atoms with van der Waals surface area (Å²) in [6, 6.07) is 6.87. The number of piperidine rings is 1. The molecule has 2 aliphatic rings. The van der Waals surface area contributed by atoms with E-state index in [-0.39, 0.29) is 23.8 Å². The highest BCUT2D eigenvalue weighted by Crippen LogP contribution is 2.17. The highest BCUT2D eigenvalue weighted by atomic mass is 19.1. The molecular weight excluding hydrogens is 359 g/mol. The molecular formula is C21H31FN4O2. The summed E-state index contributed by atoms with van der Waals surface area (Å²) in [7, 11) is 0. The summed E-state index contributed by atoms with van der Waals surface area (Å²) in [6.45, 7) is 2.95. The van der Waals surface area contributed by atoms with Gasteiger partial charge in [0.2, 0.25) is 5.91 Å². The molecule has 1 aromatic rings. The Labute approximate surface area is 166 Å². The number of nitrogens with one attached hydrogen (secondary N) is 3. The van der Waals surface area contributed by atoms with Crippen LogP contribution in [0.1, 0.15) is 50.5 Å². The normalized spacial score (nSPS) is 18.8. The van der Waals surface area contributed by atoms with Crippen LogP contribution in [-0.2, 0) is 11.3 Å². The summed E-state index contributed by atoms with van der Waals surface area (Å²) in [4.78, 5) is 26.2. The molecule has 0 bridgehead atoms. The van der Waals surface area contributed by atoms with Crippen LogP contribution in [0.25, 0.3) is 0 Å². The number of benzene rings is 1. The fourth-order valence-corrected chi connectivity index (χ4v) is 3.98. The molecule has 1 saturated carbocycles. The van der Waals surface area contributed by atoms with Gasteiger partial charge in [-0.15, -0.1) is 0 Å². The number of likely N-dealkylation sites (tertiary alicyclic amines) is 1. The van der Waals surface area contributed by atoms with E-state index in [9.17, 15) is 14.0 Å². The van der Waals surface area contributed by atoms with Gasteiger partial charge < -0.3 is 16.0 Å². The molecule has 0 radical (unpaired) electrons. The van der Waals surface area contributed by atoms with Crippen molar-refractivity contribution in [1.29, 1.82) is 0 Å². The third-order valence-electron chi connectivity index (χ3n) is 5.60. The Bertz CT molecular complexity index is 638. The minimum absolute atomic E-state index is 0.0151. The standard InChI is InChI=1S/C21H31FN4O2/c22-17-7-5-16(6-8-17)15-26-13-10-19(11-14-26)25-21(28)23-12-9-20(27)24-18-3-1-2-4-18/h5-8,18-19H,1-4,9-15H2,(H,24,27)(H2,23,25,28). The van der Waals surface area contributed by atoms with E-state index in [4.69, 9.17) is 0 Å². The van der Waals surface area contributed by atoms with Crippen LogP contribution < -0.4 is 16.0 Å². The van der Waals surface area contributed by atoms with Crippen molar-refractivity contribution in [1.82, 2.24) is 20.9 Å². The number of hydrogen-bond donors (Lipinski definition) is 3. The lowest BCUT2D eigenvalue weighted by molar-refractivity contribution is -0.121. The fourth-order valence-electron chi connectivity index (χ4n) is 3.98. The zero-order valence-corrected chi connectivity index (χ0v) is 16.4. The second-order valence-corrected chi connectivity index (χ2v) is 7.88. The van der Waals surface area contributed by atoms with Gasteiger partial charge >= 0.3 is 6.03 Å². The van der Waals surface area contributed by atoms with E-state index in [1.54, 1.807) is 0 Å². The highest BCUT2D eigenvalue weighted by molar-refractivity contribution is 5.78. The van der Waals surface area contributed by atoms with Gasteiger partial charge in [-0.1, -0.05) is 25.0 Å². The van der Waals surface area contributed by atoms with Crippen LogP contribution in [0.3, 0.4) is 0 Å². The number of urea groups is 1. The molecule has 1 aliphatic carbocycles. The fraction of sp³-hybridized carbons (Fsp3) is 0.619. The van der Waals surface area contributed by atoms with E-state index in [1.165, 1.54) is 25.0 Å². The molecule has 1 heterocycles. The van der Waals surface area contributed by atoms with Crippen molar-refractivity contribution in [2.24, 2.45) is 0 Å². The predicted octanol–water partition coefficient (Wildman–Crippen LogP) is 2.54. The van der Waals surface area contributed by atoms with Gasteiger partial charge in [0.15, 0.2) is 0 Å². The number of nitrogens with zero attached hydrogens (tertiary/aromatic N) is 1. The third kappa shape index (κ3) is 6.78. The molecule has 0 spiro atoms. The number of rotatable bonds is 7. The Hall–Kier alpha value is -2.15.